The Balaban J connectivity index is 1.55. The Morgan fingerprint density at radius 3 is 2.67 bits per heavy atom. The Bertz CT molecular complexity index is 1220. The fraction of sp³-hybridized carbons (Fsp3) is 0.125. The lowest BCUT2D eigenvalue weighted by Gasteiger charge is -2.20. The standard InChI is InChI=1S/C24H18FN3OS/c25-17-9-10-18-16(14-17)8-11-19-22(18)28-23(20-7-4-12-30-20)24(26-19)27-21(29)13-15-5-2-1-3-6-15/h1-7,9-10,12,14H,8,11,13H2,(H,26,27,29). The molecule has 0 saturated carbocycles. The second-order valence-corrected chi connectivity index (χ2v) is 8.15. The van der Waals surface area contributed by atoms with Gasteiger partial charge in [0.05, 0.1) is 22.7 Å². The number of rotatable bonds is 4. The van der Waals surface area contributed by atoms with Gasteiger partial charge in [0.15, 0.2) is 5.82 Å². The molecule has 2 aromatic heterocycles. The Morgan fingerprint density at radius 2 is 1.87 bits per heavy atom. The molecule has 0 aliphatic heterocycles. The highest BCUT2D eigenvalue weighted by Crippen LogP contribution is 2.37. The van der Waals surface area contributed by atoms with E-state index < -0.39 is 0 Å². The maximum absolute atomic E-state index is 13.7. The van der Waals surface area contributed by atoms with Crippen LogP contribution in [0.25, 0.3) is 21.8 Å². The van der Waals surface area contributed by atoms with E-state index in [1.165, 1.54) is 6.07 Å². The van der Waals surface area contributed by atoms with Gasteiger partial charge in [-0.3, -0.25) is 4.79 Å². The monoisotopic (exact) mass is 415 g/mol. The molecule has 5 rings (SSSR count). The van der Waals surface area contributed by atoms with E-state index in [-0.39, 0.29) is 18.1 Å². The molecule has 4 nitrogen and oxygen atoms in total. The number of carbonyl (C=O) groups is 1. The molecule has 0 atom stereocenters. The fourth-order valence-electron chi connectivity index (χ4n) is 3.74. The fourth-order valence-corrected chi connectivity index (χ4v) is 4.46. The van der Waals surface area contributed by atoms with Crippen LogP contribution in [0.2, 0.25) is 0 Å². The number of hydrogen-bond acceptors (Lipinski definition) is 4. The number of carbonyl (C=O) groups excluding carboxylic acids is 1. The van der Waals surface area contributed by atoms with Crippen LogP contribution in [0.5, 0.6) is 0 Å². The minimum Gasteiger partial charge on any atom is -0.309 e. The number of nitrogens with zero attached hydrogens (tertiary/aromatic N) is 2. The maximum Gasteiger partial charge on any atom is 0.230 e. The molecular formula is C24H18FN3OS. The quantitative estimate of drug-likeness (QED) is 0.493. The van der Waals surface area contributed by atoms with Gasteiger partial charge in [-0.05, 0) is 53.6 Å². The van der Waals surface area contributed by atoms with Gasteiger partial charge in [-0.15, -0.1) is 11.3 Å². The number of nitrogens with one attached hydrogen (secondary N) is 1. The third kappa shape index (κ3) is 3.62. The largest absolute Gasteiger partial charge is 0.309 e. The molecular weight excluding hydrogens is 397 g/mol. The van der Waals surface area contributed by atoms with Crippen molar-refractivity contribution in [2.45, 2.75) is 19.3 Å². The smallest absolute Gasteiger partial charge is 0.230 e. The number of amides is 1. The summed E-state index contributed by atoms with van der Waals surface area (Å²) in [5, 5.41) is 4.93. The third-order valence-electron chi connectivity index (χ3n) is 5.14. The van der Waals surface area contributed by atoms with Gasteiger partial charge in [-0.1, -0.05) is 36.4 Å². The van der Waals surface area contributed by atoms with E-state index in [0.717, 1.165) is 33.0 Å². The van der Waals surface area contributed by atoms with E-state index in [1.54, 1.807) is 23.5 Å². The van der Waals surface area contributed by atoms with Gasteiger partial charge in [0.2, 0.25) is 5.91 Å². The molecule has 1 aliphatic rings. The summed E-state index contributed by atoms with van der Waals surface area (Å²) in [6, 6.07) is 18.3. The number of aromatic nitrogens is 2. The molecule has 0 unspecified atom stereocenters. The second kappa shape index (κ2) is 7.80. The molecule has 4 aromatic rings. The Labute approximate surface area is 177 Å². The topological polar surface area (TPSA) is 54.9 Å². The predicted octanol–water partition coefficient (Wildman–Crippen LogP) is 5.29. The number of benzene rings is 2. The Kier molecular flexibility index (Phi) is 4.85. The molecule has 2 heterocycles. The molecule has 1 amide bonds. The van der Waals surface area contributed by atoms with Crippen LogP contribution in [0.3, 0.4) is 0 Å². The first-order chi connectivity index (χ1) is 14.7. The van der Waals surface area contributed by atoms with Crippen molar-refractivity contribution in [3.63, 3.8) is 0 Å². The highest BCUT2D eigenvalue weighted by molar-refractivity contribution is 7.13. The van der Waals surface area contributed by atoms with Crippen molar-refractivity contribution < 1.29 is 9.18 Å². The molecule has 0 spiro atoms. The van der Waals surface area contributed by atoms with Gasteiger partial charge < -0.3 is 5.32 Å². The van der Waals surface area contributed by atoms with Crippen molar-refractivity contribution in [2.24, 2.45) is 0 Å². The van der Waals surface area contributed by atoms with Gasteiger partial charge in [0.1, 0.15) is 11.5 Å². The van der Waals surface area contributed by atoms with Gasteiger partial charge in [-0.25, -0.2) is 14.4 Å². The SMILES string of the molecule is O=C(Cc1ccccc1)Nc1nc2c(nc1-c1cccs1)-c1ccc(F)cc1CC2. The summed E-state index contributed by atoms with van der Waals surface area (Å²) in [6.07, 6.45) is 1.63. The number of thiophene rings is 1. The van der Waals surface area contributed by atoms with E-state index in [9.17, 15) is 9.18 Å². The normalized spacial score (nSPS) is 12.2. The average molecular weight is 415 g/mol. The van der Waals surface area contributed by atoms with Crippen LogP contribution in [-0.2, 0) is 24.1 Å². The summed E-state index contributed by atoms with van der Waals surface area (Å²) in [7, 11) is 0. The van der Waals surface area contributed by atoms with Crippen LogP contribution in [-0.4, -0.2) is 15.9 Å². The highest BCUT2D eigenvalue weighted by atomic mass is 32.1. The number of hydrogen-bond donors (Lipinski definition) is 1. The van der Waals surface area contributed by atoms with Crippen molar-refractivity contribution in [3.05, 3.63) is 88.7 Å². The van der Waals surface area contributed by atoms with Crippen LogP contribution < -0.4 is 5.32 Å². The first-order valence-electron chi connectivity index (χ1n) is 9.75. The first-order valence-corrected chi connectivity index (χ1v) is 10.6. The Hall–Kier alpha value is -3.38. The highest BCUT2D eigenvalue weighted by Gasteiger charge is 2.23. The van der Waals surface area contributed by atoms with Crippen LogP contribution in [0, 0.1) is 5.82 Å². The van der Waals surface area contributed by atoms with Crippen LogP contribution in [0.4, 0.5) is 10.2 Å². The van der Waals surface area contributed by atoms with Gasteiger partial charge in [0, 0.05) is 5.56 Å². The van der Waals surface area contributed by atoms with Crippen molar-refractivity contribution in [2.75, 3.05) is 5.32 Å². The molecule has 30 heavy (non-hydrogen) atoms. The predicted molar refractivity (Wildman–Crippen MR) is 117 cm³/mol. The molecule has 0 fully saturated rings. The van der Waals surface area contributed by atoms with Crippen LogP contribution in [0.15, 0.2) is 66.0 Å². The van der Waals surface area contributed by atoms with Crippen LogP contribution in [0.1, 0.15) is 16.8 Å². The lowest BCUT2D eigenvalue weighted by molar-refractivity contribution is -0.115. The summed E-state index contributed by atoms with van der Waals surface area (Å²) in [5.41, 5.74) is 5.02. The average Bonchev–Trinajstić information content (AvgIpc) is 3.28. The minimum absolute atomic E-state index is 0.133. The molecule has 0 bridgehead atoms. The molecule has 2 aromatic carbocycles. The number of anilines is 1. The number of fused-ring (bicyclic) bond motifs is 3. The molecule has 1 N–H and O–H groups in total. The van der Waals surface area contributed by atoms with E-state index in [0.29, 0.717) is 24.4 Å². The zero-order chi connectivity index (χ0) is 20.5. The molecule has 0 saturated heterocycles. The third-order valence-corrected chi connectivity index (χ3v) is 6.02. The van der Waals surface area contributed by atoms with E-state index in [2.05, 4.69) is 5.32 Å². The summed E-state index contributed by atoms with van der Waals surface area (Å²) in [4.78, 5) is 23.3. The summed E-state index contributed by atoms with van der Waals surface area (Å²) in [5.74, 6) is 0.0997. The van der Waals surface area contributed by atoms with E-state index in [1.807, 2.05) is 47.8 Å². The first kappa shape index (κ1) is 18.6. The van der Waals surface area contributed by atoms with Crippen molar-refractivity contribution in [1.82, 2.24) is 9.97 Å². The lowest BCUT2D eigenvalue weighted by atomic mass is 9.91. The molecule has 1 aliphatic carbocycles. The van der Waals surface area contributed by atoms with Crippen molar-refractivity contribution in [3.8, 4) is 21.8 Å². The van der Waals surface area contributed by atoms with Crippen molar-refractivity contribution >= 4 is 23.1 Å². The molecule has 148 valence electrons. The Morgan fingerprint density at radius 1 is 1.00 bits per heavy atom. The maximum atomic E-state index is 13.7. The molecule has 0 radical (unpaired) electrons. The van der Waals surface area contributed by atoms with Crippen LogP contribution >= 0.6 is 11.3 Å². The van der Waals surface area contributed by atoms with Gasteiger partial charge >= 0.3 is 0 Å². The minimum atomic E-state index is -0.242. The summed E-state index contributed by atoms with van der Waals surface area (Å²) >= 11 is 1.54. The second-order valence-electron chi connectivity index (χ2n) is 7.21. The van der Waals surface area contributed by atoms with Crippen molar-refractivity contribution in [1.29, 1.82) is 0 Å². The zero-order valence-corrected chi connectivity index (χ0v) is 16.9. The van der Waals surface area contributed by atoms with E-state index >= 15 is 0 Å². The number of halogens is 1. The summed E-state index contributed by atoms with van der Waals surface area (Å²) < 4.78 is 13.7. The van der Waals surface area contributed by atoms with Gasteiger partial charge in [0.25, 0.3) is 0 Å². The number of aryl methyl sites for hydroxylation is 2. The summed E-state index contributed by atoms with van der Waals surface area (Å²) in [6.45, 7) is 0. The molecule has 6 heteroatoms. The van der Waals surface area contributed by atoms with E-state index in [4.69, 9.17) is 9.97 Å². The zero-order valence-electron chi connectivity index (χ0n) is 16.1. The lowest BCUT2D eigenvalue weighted by Crippen LogP contribution is -2.18. The van der Waals surface area contributed by atoms with Gasteiger partial charge in [-0.2, -0.15) is 0 Å².